The lowest BCUT2D eigenvalue weighted by molar-refractivity contribution is -0.139. The molecule has 0 aromatic carbocycles. The Balaban J connectivity index is 3.47. The van der Waals surface area contributed by atoms with Gasteiger partial charge in [-0.05, 0) is 11.6 Å². The summed E-state index contributed by atoms with van der Waals surface area (Å²) in [7, 11) is 0.924. The molecule has 0 unspecified atom stereocenters. The van der Waals surface area contributed by atoms with Crippen molar-refractivity contribution in [2.24, 2.45) is 5.73 Å². The van der Waals surface area contributed by atoms with E-state index in [0.29, 0.717) is 6.07 Å². The van der Waals surface area contributed by atoms with Crippen molar-refractivity contribution < 1.29 is 26.7 Å². The Morgan fingerprint density at radius 2 is 2.00 bits per heavy atom. The standard InChI is InChI=1S/C9H9F5N2O/c1-17-8-6(9(12,13)14)4(3-15)2-5(16-8)7(10)11/h2,7H,3,15H2,1H3. The number of aromatic nitrogens is 1. The van der Waals surface area contributed by atoms with Gasteiger partial charge in [-0.15, -0.1) is 0 Å². The van der Waals surface area contributed by atoms with Crippen molar-refractivity contribution in [1.82, 2.24) is 4.98 Å². The molecule has 0 aliphatic carbocycles. The minimum absolute atomic E-state index is 0.473. The van der Waals surface area contributed by atoms with E-state index in [-0.39, 0.29) is 0 Å². The van der Waals surface area contributed by atoms with E-state index in [1.165, 1.54) is 0 Å². The predicted octanol–water partition coefficient (Wildman–Crippen LogP) is 2.51. The van der Waals surface area contributed by atoms with E-state index in [4.69, 9.17) is 5.73 Å². The van der Waals surface area contributed by atoms with Gasteiger partial charge in [-0.25, -0.2) is 13.8 Å². The zero-order valence-corrected chi connectivity index (χ0v) is 8.68. The maximum atomic E-state index is 12.7. The van der Waals surface area contributed by atoms with E-state index in [1.54, 1.807) is 0 Å². The topological polar surface area (TPSA) is 48.1 Å². The smallest absolute Gasteiger partial charge is 0.421 e. The quantitative estimate of drug-likeness (QED) is 0.845. The Kier molecular flexibility index (Phi) is 3.87. The number of methoxy groups -OCH3 is 1. The van der Waals surface area contributed by atoms with Gasteiger partial charge in [-0.3, -0.25) is 0 Å². The summed E-state index contributed by atoms with van der Waals surface area (Å²) in [6.07, 6.45) is -7.75. The number of ether oxygens (including phenoxy) is 1. The monoisotopic (exact) mass is 256 g/mol. The van der Waals surface area contributed by atoms with Gasteiger partial charge in [-0.1, -0.05) is 0 Å². The molecule has 1 rings (SSSR count). The van der Waals surface area contributed by atoms with Crippen LogP contribution in [0.5, 0.6) is 5.88 Å². The van der Waals surface area contributed by atoms with Gasteiger partial charge in [0.15, 0.2) is 0 Å². The van der Waals surface area contributed by atoms with Gasteiger partial charge < -0.3 is 10.5 Å². The van der Waals surface area contributed by atoms with Crippen molar-refractivity contribution in [2.45, 2.75) is 19.1 Å². The molecule has 8 heteroatoms. The summed E-state index contributed by atoms with van der Waals surface area (Å²) in [6.45, 7) is -0.534. The fourth-order valence-electron chi connectivity index (χ4n) is 1.32. The minimum atomic E-state index is -4.76. The molecule has 17 heavy (non-hydrogen) atoms. The van der Waals surface area contributed by atoms with Crippen LogP contribution in [0.1, 0.15) is 23.2 Å². The minimum Gasteiger partial charge on any atom is -0.481 e. The molecule has 0 fully saturated rings. The summed E-state index contributed by atoms with van der Waals surface area (Å²) in [5.41, 5.74) is 2.63. The van der Waals surface area contributed by atoms with Crippen LogP contribution in [0, 0.1) is 0 Å². The third-order valence-corrected chi connectivity index (χ3v) is 2.01. The second-order valence-corrected chi connectivity index (χ2v) is 3.09. The third kappa shape index (κ3) is 2.82. The number of hydrogen-bond donors (Lipinski definition) is 1. The highest BCUT2D eigenvalue weighted by Crippen LogP contribution is 2.38. The molecule has 0 amide bonds. The molecule has 0 atom stereocenters. The van der Waals surface area contributed by atoms with Crippen LogP contribution in [0.4, 0.5) is 22.0 Å². The number of nitrogens with zero attached hydrogens (tertiary/aromatic N) is 1. The van der Waals surface area contributed by atoms with Crippen molar-refractivity contribution in [1.29, 1.82) is 0 Å². The molecule has 1 aromatic heterocycles. The first-order chi connectivity index (χ1) is 7.81. The van der Waals surface area contributed by atoms with Crippen LogP contribution >= 0.6 is 0 Å². The second-order valence-electron chi connectivity index (χ2n) is 3.09. The number of pyridine rings is 1. The van der Waals surface area contributed by atoms with Crippen LogP contribution in [0.25, 0.3) is 0 Å². The summed E-state index contributed by atoms with van der Waals surface area (Å²) in [6, 6.07) is 0.635. The molecule has 1 aromatic rings. The normalized spacial score (nSPS) is 12.0. The summed E-state index contributed by atoms with van der Waals surface area (Å²) >= 11 is 0. The Morgan fingerprint density at radius 1 is 1.41 bits per heavy atom. The highest BCUT2D eigenvalue weighted by atomic mass is 19.4. The maximum absolute atomic E-state index is 12.7. The van der Waals surface area contributed by atoms with Crippen molar-refractivity contribution in [3.8, 4) is 5.88 Å². The molecular formula is C9H9F5N2O. The average Bonchev–Trinajstić information content (AvgIpc) is 2.25. The van der Waals surface area contributed by atoms with Gasteiger partial charge >= 0.3 is 6.18 Å². The van der Waals surface area contributed by atoms with Crippen molar-refractivity contribution in [3.63, 3.8) is 0 Å². The molecule has 0 aliphatic heterocycles. The molecule has 1 heterocycles. The van der Waals surface area contributed by atoms with Gasteiger partial charge in [0.2, 0.25) is 5.88 Å². The molecule has 2 N–H and O–H groups in total. The SMILES string of the molecule is COc1nc(C(F)F)cc(CN)c1C(F)(F)F. The van der Waals surface area contributed by atoms with Crippen LogP contribution in [0.3, 0.4) is 0 Å². The molecule has 96 valence electrons. The Morgan fingerprint density at radius 3 is 2.35 bits per heavy atom. The fraction of sp³-hybridized carbons (Fsp3) is 0.444. The van der Waals surface area contributed by atoms with Gasteiger partial charge in [0.05, 0.1) is 7.11 Å². The second kappa shape index (κ2) is 4.82. The van der Waals surface area contributed by atoms with Crippen molar-refractivity contribution >= 4 is 0 Å². The van der Waals surface area contributed by atoms with Crippen molar-refractivity contribution in [2.75, 3.05) is 7.11 Å². The first kappa shape index (κ1) is 13.6. The largest absolute Gasteiger partial charge is 0.481 e. The van der Waals surface area contributed by atoms with E-state index in [2.05, 4.69) is 9.72 Å². The van der Waals surface area contributed by atoms with Crippen LogP contribution in [0.15, 0.2) is 6.07 Å². The first-order valence-corrected chi connectivity index (χ1v) is 4.44. The molecule has 0 aliphatic rings. The average molecular weight is 256 g/mol. The lowest BCUT2D eigenvalue weighted by atomic mass is 10.1. The van der Waals surface area contributed by atoms with E-state index in [1.807, 2.05) is 0 Å². The fourth-order valence-corrected chi connectivity index (χ4v) is 1.32. The van der Waals surface area contributed by atoms with Crippen molar-refractivity contribution in [3.05, 3.63) is 22.9 Å². The molecule has 0 radical (unpaired) electrons. The van der Waals surface area contributed by atoms with E-state index in [9.17, 15) is 22.0 Å². The highest BCUT2D eigenvalue weighted by molar-refractivity contribution is 5.39. The molecular weight excluding hydrogens is 247 g/mol. The van der Waals surface area contributed by atoms with Gasteiger partial charge in [0.25, 0.3) is 6.43 Å². The van der Waals surface area contributed by atoms with E-state index in [0.717, 1.165) is 7.11 Å². The van der Waals surface area contributed by atoms with Gasteiger partial charge in [-0.2, -0.15) is 13.2 Å². The molecule has 3 nitrogen and oxygen atoms in total. The predicted molar refractivity (Wildman–Crippen MR) is 48.6 cm³/mol. The lowest BCUT2D eigenvalue weighted by Crippen LogP contribution is -2.16. The highest BCUT2D eigenvalue weighted by Gasteiger charge is 2.38. The number of rotatable bonds is 3. The molecule has 0 spiro atoms. The van der Waals surface area contributed by atoms with Crippen LogP contribution < -0.4 is 10.5 Å². The summed E-state index contributed by atoms with van der Waals surface area (Å²) < 4.78 is 67.1. The molecule has 0 bridgehead atoms. The van der Waals surface area contributed by atoms with Crippen LogP contribution in [0.2, 0.25) is 0 Å². The summed E-state index contributed by atoms with van der Waals surface area (Å²) in [5, 5.41) is 0. The number of nitrogens with two attached hydrogens (primary N) is 1. The first-order valence-electron chi connectivity index (χ1n) is 4.44. The Labute approximate surface area is 93.4 Å². The van der Waals surface area contributed by atoms with Gasteiger partial charge in [0.1, 0.15) is 11.3 Å². The molecule has 0 saturated heterocycles. The Bertz CT molecular complexity index is 380. The number of hydrogen-bond acceptors (Lipinski definition) is 3. The zero-order valence-electron chi connectivity index (χ0n) is 8.68. The van der Waals surface area contributed by atoms with E-state index < -0.39 is 41.8 Å². The third-order valence-electron chi connectivity index (χ3n) is 2.01. The zero-order chi connectivity index (χ0) is 13.2. The van der Waals surface area contributed by atoms with Gasteiger partial charge in [0, 0.05) is 6.54 Å². The molecule has 0 saturated carbocycles. The maximum Gasteiger partial charge on any atom is 0.421 e. The number of halogens is 5. The lowest BCUT2D eigenvalue weighted by Gasteiger charge is -2.16. The number of alkyl halides is 5. The summed E-state index contributed by atoms with van der Waals surface area (Å²) in [4.78, 5) is 3.12. The summed E-state index contributed by atoms with van der Waals surface area (Å²) in [5.74, 6) is -0.893. The van der Waals surface area contributed by atoms with E-state index >= 15 is 0 Å². The van der Waals surface area contributed by atoms with Crippen LogP contribution in [-0.2, 0) is 12.7 Å². The Hall–Kier alpha value is -1.44. The van der Waals surface area contributed by atoms with Crippen LogP contribution in [-0.4, -0.2) is 12.1 Å².